The lowest BCUT2D eigenvalue weighted by Gasteiger charge is -2.33. The van der Waals surface area contributed by atoms with Crippen molar-refractivity contribution < 1.29 is 4.79 Å². The summed E-state index contributed by atoms with van der Waals surface area (Å²) in [5.41, 5.74) is 5.68. The van der Waals surface area contributed by atoms with Gasteiger partial charge in [0.25, 0.3) is 0 Å². The van der Waals surface area contributed by atoms with Crippen molar-refractivity contribution in [3.05, 3.63) is 0 Å². The van der Waals surface area contributed by atoms with Crippen molar-refractivity contribution >= 4 is 23.1 Å². The predicted octanol–water partition coefficient (Wildman–Crippen LogP) is 2.48. The van der Waals surface area contributed by atoms with Gasteiger partial charge in [0.2, 0.25) is 5.91 Å². The zero-order chi connectivity index (χ0) is 13.0. The van der Waals surface area contributed by atoms with Crippen LogP contribution in [0.15, 0.2) is 0 Å². The van der Waals surface area contributed by atoms with Crippen LogP contribution in [-0.4, -0.2) is 28.9 Å². The van der Waals surface area contributed by atoms with Crippen molar-refractivity contribution in [2.45, 2.75) is 51.4 Å². The quantitative estimate of drug-likeness (QED) is 0.618. The minimum absolute atomic E-state index is 0.286. The van der Waals surface area contributed by atoms with Gasteiger partial charge in [-0.3, -0.25) is 4.79 Å². The fourth-order valence-electron chi connectivity index (χ4n) is 3.17. The fourth-order valence-corrected chi connectivity index (χ4v) is 3.40. The molecule has 2 fully saturated rings. The van der Waals surface area contributed by atoms with Crippen molar-refractivity contribution in [2.24, 2.45) is 17.6 Å². The van der Waals surface area contributed by atoms with Crippen molar-refractivity contribution in [2.75, 3.05) is 13.1 Å². The Bertz CT molecular complexity index is 303. The van der Waals surface area contributed by atoms with Crippen LogP contribution in [0, 0.1) is 11.8 Å². The zero-order valence-electron chi connectivity index (χ0n) is 11.1. The Morgan fingerprint density at radius 3 is 2.00 bits per heavy atom. The van der Waals surface area contributed by atoms with Crippen LogP contribution in [-0.2, 0) is 4.79 Å². The first-order chi connectivity index (χ1) is 8.68. The van der Waals surface area contributed by atoms with Gasteiger partial charge in [-0.05, 0) is 25.7 Å². The highest BCUT2D eigenvalue weighted by atomic mass is 32.1. The summed E-state index contributed by atoms with van der Waals surface area (Å²) in [5, 5.41) is 0. The minimum atomic E-state index is 0.286. The van der Waals surface area contributed by atoms with Crippen molar-refractivity contribution in [1.82, 2.24) is 4.90 Å². The molecule has 3 nitrogen and oxygen atoms in total. The van der Waals surface area contributed by atoms with Gasteiger partial charge in [0, 0.05) is 24.9 Å². The smallest absolute Gasteiger partial charge is 0.225 e. The molecule has 0 aromatic carbocycles. The molecule has 2 aliphatic rings. The van der Waals surface area contributed by atoms with Crippen LogP contribution >= 0.6 is 12.2 Å². The highest BCUT2D eigenvalue weighted by Gasteiger charge is 2.29. The monoisotopic (exact) mass is 268 g/mol. The van der Waals surface area contributed by atoms with Crippen molar-refractivity contribution in [3.63, 3.8) is 0 Å². The topological polar surface area (TPSA) is 46.3 Å². The average molecular weight is 268 g/mol. The molecule has 0 aromatic rings. The number of nitrogens with two attached hydrogens (primary N) is 1. The van der Waals surface area contributed by atoms with Crippen LogP contribution in [0.2, 0.25) is 0 Å². The molecule has 0 aromatic heterocycles. The number of rotatable bonds is 2. The maximum absolute atomic E-state index is 12.4. The van der Waals surface area contributed by atoms with Gasteiger partial charge >= 0.3 is 0 Å². The second kappa shape index (κ2) is 6.50. The standard InChI is InChI=1S/C14H24N2OS/c15-13(18)11-7-9-16(10-8-11)14(17)12-5-3-1-2-4-6-12/h11-12H,1-10H2,(H2,15,18). The van der Waals surface area contributed by atoms with Gasteiger partial charge in [-0.2, -0.15) is 0 Å². The van der Waals surface area contributed by atoms with E-state index in [0.29, 0.717) is 16.8 Å². The number of piperidine rings is 1. The molecule has 0 unspecified atom stereocenters. The number of nitrogens with zero attached hydrogens (tertiary/aromatic N) is 1. The molecular formula is C14H24N2OS. The molecular weight excluding hydrogens is 244 g/mol. The molecule has 2 N–H and O–H groups in total. The van der Waals surface area contributed by atoms with Gasteiger partial charge in [0.1, 0.15) is 0 Å². The normalized spacial score (nSPS) is 23.7. The Labute approximate surface area is 115 Å². The molecule has 2 rings (SSSR count). The summed E-state index contributed by atoms with van der Waals surface area (Å²) in [6, 6.07) is 0. The lowest BCUT2D eigenvalue weighted by atomic mass is 9.93. The lowest BCUT2D eigenvalue weighted by molar-refractivity contribution is -0.137. The Kier molecular flexibility index (Phi) is 4.98. The summed E-state index contributed by atoms with van der Waals surface area (Å²) in [5.74, 6) is 1.02. The zero-order valence-corrected chi connectivity index (χ0v) is 11.9. The maximum Gasteiger partial charge on any atom is 0.225 e. The van der Waals surface area contributed by atoms with Gasteiger partial charge in [0.05, 0.1) is 4.99 Å². The highest BCUT2D eigenvalue weighted by molar-refractivity contribution is 7.80. The molecule has 18 heavy (non-hydrogen) atoms. The van der Waals surface area contributed by atoms with Crippen LogP contribution in [0.1, 0.15) is 51.4 Å². The van der Waals surface area contributed by atoms with Gasteiger partial charge in [0.15, 0.2) is 0 Å². The summed E-state index contributed by atoms with van der Waals surface area (Å²) in [4.78, 5) is 15.1. The second-order valence-corrected chi connectivity index (χ2v) is 6.16. The van der Waals surface area contributed by atoms with Crippen molar-refractivity contribution in [1.29, 1.82) is 0 Å². The molecule has 4 heteroatoms. The molecule has 0 spiro atoms. The summed E-state index contributed by atoms with van der Waals surface area (Å²) in [7, 11) is 0. The Morgan fingerprint density at radius 2 is 1.50 bits per heavy atom. The number of hydrogen-bond acceptors (Lipinski definition) is 2. The number of carbonyl (C=O) groups is 1. The summed E-state index contributed by atoms with van der Waals surface area (Å²) in [6.07, 6.45) is 9.13. The largest absolute Gasteiger partial charge is 0.393 e. The van der Waals surface area contributed by atoms with E-state index < -0.39 is 0 Å². The van der Waals surface area contributed by atoms with E-state index in [1.54, 1.807) is 0 Å². The molecule has 1 saturated carbocycles. The third kappa shape index (κ3) is 3.44. The molecule has 0 radical (unpaired) electrons. The second-order valence-electron chi connectivity index (χ2n) is 5.69. The number of likely N-dealkylation sites (tertiary alicyclic amines) is 1. The van der Waals surface area contributed by atoms with Gasteiger partial charge in [-0.1, -0.05) is 37.9 Å². The van der Waals surface area contributed by atoms with Gasteiger partial charge in [-0.25, -0.2) is 0 Å². The number of carbonyl (C=O) groups excluding carboxylic acids is 1. The fraction of sp³-hybridized carbons (Fsp3) is 0.857. The Hall–Kier alpha value is -0.640. The SMILES string of the molecule is NC(=S)C1CCN(C(=O)C2CCCCCC2)CC1. The molecule has 1 saturated heterocycles. The summed E-state index contributed by atoms with van der Waals surface area (Å²) < 4.78 is 0. The first-order valence-corrected chi connectivity index (χ1v) is 7.67. The van der Waals surface area contributed by atoms with E-state index in [1.807, 2.05) is 4.90 Å². The van der Waals surface area contributed by atoms with E-state index >= 15 is 0 Å². The predicted molar refractivity (Wildman–Crippen MR) is 77.3 cm³/mol. The third-order valence-corrected chi connectivity index (χ3v) is 4.75. The van der Waals surface area contributed by atoms with E-state index in [4.69, 9.17) is 18.0 Å². The number of amides is 1. The third-order valence-electron chi connectivity index (χ3n) is 4.41. The summed E-state index contributed by atoms with van der Waals surface area (Å²) in [6.45, 7) is 1.69. The minimum Gasteiger partial charge on any atom is -0.393 e. The first kappa shape index (κ1) is 13.8. The van der Waals surface area contributed by atoms with Crippen LogP contribution in [0.4, 0.5) is 0 Å². The molecule has 102 valence electrons. The van der Waals surface area contributed by atoms with E-state index in [1.165, 1.54) is 25.7 Å². The van der Waals surface area contributed by atoms with Crippen molar-refractivity contribution in [3.8, 4) is 0 Å². The Morgan fingerprint density at radius 1 is 0.944 bits per heavy atom. The van der Waals surface area contributed by atoms with Gasteiger partial charge < -0.3 is 10.6 Å². The molecule has 1 amide bonds. The lowest BCUT2D eigenvalue weighted by Crippen LogP contribution is -2.43. The maximum atomic E-state index is 12.4. The van der Waals surface area contributed by atoms with E-state index in [0.717, 1.165) is 38.8 Å². The average Bonchev–Trinajstić information content (AvgIpc) is 2.67. The van der Waals surface area contributed by atoms with Crippen LogP contribution in [0.3, 0.4) is 0 Å². The number of thiocarbonyl (C=S) groups is 1. The summed E-state index contributed by atoms with van der Waals surface area (Å²) >= 11 is 5.04. The van der Waals surface area contributed by atoms with E-state index in [-0.39, 0.29) is 5.92 Å². The van der Waals surface area contributed by atoms with Gasteiger partial charge in [-0.15, -0.1) is 0 Å². The molecule has 0 atom stereocenters. The van der Waals surface area contributed by atoms with Crippen LogP contribution < -0.4 is 5.73 Å². The first-order valence-electron chi connectivity index (χ1n) is 7.26. The highest BCUT2D eigenvalue weighted by Crippen LogP contribution is 2.26. The van der Waals surface area contributed by atoms with Crippen LogP contribution in [0.5, 0.6) is 0 Å². The number of hydrogen-bond donors (Lipinski definition) is 1. The molecule has 0 bridgehead atoms. The molecule has 1 aliphatic carbocycles. The molecule has 1 heterocycles. The van der Waals surface area contributed by atoms with Crippen LogP contribution in [0.25, 0.3) is 0 Å². The van der Waals surface area contributed by atoms with E-state index in [2.05, 4.69) is 0 Å². The van der Waals surface area contributed by atoms with E-state index in [9.17, 15) is 4.79 Å². The Balaban J connectivity index is 1.84. The molecule has 1 aliphatic heterocycles.